The van der Waals surface area contributed by atoms with Crippen LogP contribution in [0.3, 0.4) is 0 Å². The summed E-state index contributed by atoms with van der Waals surface area (Å²) in [6.45, 7) is 5.27. The molecule has 18 heavy (non-hydrogen) atoms. The number of rotatable bonds is 3. The number of aromatic nitrogens is 2. The van der Waals surface area contributed by atoms with Crippen molar-refractivity contribution in [2.75, 3.05) is 0 Å². The van der Waals surface area contributed by atoms with Gasteiger partial charge in [0.25, 0.3) is 5.56 Å². The van der Waals surface area contributed by atoms with Crippen LogP contribution in [0.1, 0.15) is 15.2 Å². The van der Waals surface area contributed by atoms with Gasteiger partial charge in [-0.2, -0.15) is 0 Å². The van der Waals surface area contributed by atoms with Gasteiger partial charge in [-0.3, -0.25) is 9.36 Å². The predicted molar refractivity (Wildman–Crippen MR) is 70.6 cm³/mol. The molecule has 0 spiro atoms. The molecule has 0 atom stereocenters. The van der Waals surface area contributed by atoms with Gasteiger partial charge in [0.15, 0.2) is 0 Å². The molecular formula is C11H9ClN2O3S. The highest BCUT2D eigenvalue weighted by atomic mass is 35.5. The van der Waals surface area contributed by atoms with E-state index in [9.17, 15) is 9.59 Å². The molecule has 0 aliphatic carbocycles. The van der Waals surface area contributed by atoms with E-state index >= 15 is 0 Å². The molecule has 5 nitrogen and oxygen atoms in total. The highest BCUT2D eigenvalue weighted by Crippen LogP contribution is 2.26. The van der Waals surface area contributed by atoms with Crippen LogP contribution >= 0.6 is 22.9 Å². The average molecular weight is 285 g/mol. The number of thiophene rings is 1. The van der Waals surface area contributed by atoms with Gasteiger partial charge < -0.3 is 5.11 Å². The molecule has 0 unspecified atom stereocenters. The van der Waals surface area contributed by atoms with Crippen LogP contribution in [0.5, 0.6) is 0 Å². The third-order valence-electron chi connectivity index (χ3n) is 2.45. The number of carboxylic acids is 1. The van der Waals surface area contributed by atoms with Gasteiger partial charge in [0.05, 0.1) is 18.3 Å². The molecule has 2 aromatic rings. The van der Waals surface area contributed by atoms with Crippen LogP contribution in [0.4, 0.5) is 0 Å². The van der Waals surface area contributed by atoms with Crippen LogP contribution in [0.15, 0.2) is 22.7 Å². The molecular weight excluding hydrogens is 276 g/mol. The summed E-state index contributed by atoms with van der Waals surface area (Å²) in [6.07, 6.45) is 1.35. The van der Waals surface area contributed by atoms with Crippen LogP contribution in [0, 0.1) is 6.92 Å². The van der Waals surface area contributed by atoms with Gasteiger partial charge in [0, 0.05) is 5.03 Å². The van der Waals surface area contributed by atoms with Crippen molar-refractivity contribution in [3.63, 3.8) is 0 Å². The molecule has 0 aromatic carbocycles. The Hall–Kier alpha value is -1.66. The standard InChI is InChI=1S/C11H9ClN2O3S/c1-5(12)3-14-4-13-9-7(10(14)15)6(2)8(18-9)11(16)17/h4H,1,3H2,2H3,(H,16,17). The lowest BCUT2D eigenvalue weighted by Gasteiger charge is -2.03. The molecule has 0 aliphatic rings. The van der Waals surface area contributed by atoms with E-state index in [1.165, 1.54) is 10.9 Å². The molecule has 94 valence electrons. The number of hydrogen-bond donors (Lipinski definition) is 1. The number of aryl methyl sites for hydroxylation is 1. The Balaban J connectivity index is 2.74. The third-order valence-corrected chi connectivity index (χ3v) is 3.76. The molecule has 0 bridgehead atoms. The van der Waals surface area contributed by atoms with E-state index in [-0.39, 0.29) is 17.0 Å². The van der Waals surface area contributed by atoms with Gasteiger partial charge in [0.2, 0.25) is 0 Å². The second kappa shape index (κ2) is 4.55. The Bertz CT molecular complexity index is 717. The molecule has 7 heteroatoms. The molecule has 0 amide bonds. The zero-order valence-corrected chi connectivity index (χ0v) is 11.0. The number of aromatic carboxylic acids is 1. The van der Waals surface area contributed by atoms with Crippen LogP contribution < -0.4 is 5.56 Å². The van der Waals surface area contributed by atoms with Crippen molar-refractivity contribution in [1.29, 1.82) is 0 Å². The average Bonchev–Trinajstić information content (AvgIpc) is 2.60. The van der Waals surface area contributed by atoms with E-state index in [0.717, 1.165) is 11.3 Å². The van der Waals surface area contributed by atoms with Crippen molar-refractivity contribution in [1.82, 2.24) is 9.55 Å². The van der Waals surface area contributed by atoms with Crippen molar-refractivity contribution in [2.24, 2.45) is 0 Å². The van der Waals surface area contributed by atoms with Gasteiger partial charge in [0.1, 0.15) is 9.71 Å². The van der Waals surface area contributed by atoms with Crippen LogP contribution in [-0.4, -0.2) is 20.6 Å². The highest BCUT2D eigenvalue weighted by Gasteiger charge is 2.18. The second-order valence-electron chi connectivity index (χ2n) is 3.74. The Labute approximate surface area is 111 Å². The SMILES string of the molecule is C=C(Cl)Cn1cnc2sc(C(=O)O)c(C)c2c1=O. The number of carboxylic acid groups (broad SMARTS) is 1. The largest absolute Gasteiger partial charge is 0.477 e. The Kier molecular flexibility index (Phi) is 3.23. The molecule has 1 N–H and O–H groups in total. The zero-order valence-electron chi connectivity index (χ0n) is 9.44. The Morgan fingerprint density at radius 1 is 1.67 bits per heavy atom. The molecule has 2 rings (SSSR count). The van der Waals surface area contributed by atoms with Gasteiger partial charge in [-0.05, 0) is 12.5 Å². The molecule has 0 fully saturated rings. The normalized spacial score (nSPS) is 10.8. The Morgan fingerprint density at radius 2 is 2.33 bits per heavy atom. The highest BCUT2D eigenvalue weighted by molar-refractivity contribution is 7.20. The van der Waals surface area contributed by atoms with Crippen molar-refractivity contribution in [3.05, 3.63) is 38.7 Å². The van der Waals surface area contributed by atoms with Crippen molar-refractivity contribution in [3.8, 4) is 0 Å². The minimum atomic E-state index is -1.05. The Morgan fingerprint density at radius 3 is 2.89 bits per heavy atom. The minimum absolute atomic E-state index is 0.136. The maximum atomic E-state index is 12.2. The van der Waals surface area contributed by atoms with Gasteiger partial charge in [-0.25, -0.2) is 9.78 Å². The molecule has 0 saturated carbocycles. The van der Waals surface area contributed by atoms with Gasteiger partial charge in [-0.15, -0.1) is 11.3 Å². The second-order valence-corrected chi connectivity index (χ2v) is 5.27. The third kappa shape index (κ3) is 2.04. The van der Waals surface area contributed by atoms with Gasteiger partial charge in [-0.1, -0.05) is 18.2 Å². The van der Waals surface area contributed by atoms with Crippen LogP contribution in [0.25, 0.3) is 10.2 Å². The molecule has 0 aliphatic heterocycles. The molecule has 2 aromatic heterocycles. The summed E-state index contributed by atoms with van der Waals surface area (Å²) in [5.41, 5.74) is 0.137. The van der Waals surface area contributed by atoms with E-state index < -0.39 is 5.97 Å². The van der Waals surface area contributed by atoms with E-state index in [2.05, 4.69) is 11.6 Å². The first-order chi connectivity index (χ1) is 8.41. The topological polar surface area (TPSA) is 72.2 Å². The maximum absolute atomic E-state index is 12.2. The summed E-state index contributed by atoms with van der Waals surface area (Å²) in [5, 5.41) is 9.65. The number of fused-ring (bicyclic) bond motifs is 1. The number of halogens is 1. The summed E-state index contributed by atoms with van der Waals surface area (Å²) in [4.78, 5) is 27.8. The lowest BCUT2D eigenvalue weighted by atomic mass is 10.2. The monoisotopic (exact) mass is 284 g/mol. The molecule has 0 saturated heterocycles. The van der Waals surface area contributed by atoms with E-state index in [0.29, 0.717) is 20.8 Å². The quantitative estimate of drug-likeness (QED) is 0.938. The number of allylic oxidation sites excluding steroid dienone is 1. The summed E-state index contributed by atoms with van der Waals surface area (Å²) < 4.78 is 1.31. The van der Waals surface area contributed by atoms with Crippen molar-refractivity contribution in [2.45, 2.75) is 13.5 Å². The summed E-state index contributed by atoms with van der Waals surface area (Å²) in [6, 6.07) is 0. The smallest absolute Gasteiger partial charge is 0.346 e. The first-order valence-corrected chi connectivity index (χ1v) is 6.16. The van der Waals surface area contributed by atoms with Crippen LogP contribution in [-0.2, 0) is 6.54 Å². The summed E-state index contributed by atoms with van der Waals surface area (Å²) in [5.74, 6) is -1.05. The van der Waals surface area contributed by atoms with Crippen LogP contribution in [0.2, 0.25) is 0 Å². The number of carbonyl (C=O) groups is 1. The maximum Gasteiger partial charge on any atom is 0.346 e. The van der Waals surface area contributed by atoms with Crippen molar-refractivity contribution < 1.29 is 9.90 Å². The number of hydrogen-bond acceptors (Lipinski definition) is 4. The van der Waals surface area contributed by atoms with E-state index in [1.54, 1.807) is 6.92 Å². The first kappa shape index (κ1) is 12.8. The van der Waals surface area contributed by atoms with E-state index in [4.69, 9.17) is 16.7 Å². The van der Waals surface area contributed by atoms with Crippen molar-refractivity contribution >= 4 is 39.1 Å². The predicted octanol–water partition coefficient (Wildman–Crippen LogP) is 2.22. The summed E-state index contributed by atoms with van der Waals surface area (Å²) in [7, 11) is 0. The number of nitrogens with zero attached hydrogens (tertiary/aromatic N) is 2. The van der Waals surface area contributed by atoms with Gasteiger partial charge >= 0.3 is 5.97 Å². The zero-order chi connectivity index (χ0) is 13.4. The fraction of sp³-hybridized carbons (Fsp3) is 0.182. The van der Waals surface area contributed by atoms with E-state index in [1.807, 2.05) is 0 Å². The fourth-order valence-electron chi connectivity index (χ4n) is 1.66. The molecule has 0 radical (unpaired) electrons. The first-order valence-electron chi connectivity index (χ1n) is 4.97. The summed E-state index contributed by atoms with van der Waals surface area (Å²) >= 11 is 6.65. The lowest BCUT2D eigenvalue weighted by Crippen LogP contribution is -2.20. The molecule has 2 heterocycles. The lowest BCUT2D eigenvalue weighted by molar-refractivity contribution is 0.0701. The minimum Gasteiger partial charge on any atom is -0.477 e. The fourth-order valence-corrected chi connectivity index (χ4v) is 2.77.